The Labute approximate surface area is 107 Å². The molecule has 0 unspecified atom stereocenters. The van der Waals surface area contributed by atoms with E-state index < -0.39 is 0 Å². The smallest absolute Gasteiger partial charge is 0.273 e. The number of hydrogen-bond donors (Lipinski definition) is 2. The molecule has 1 saturated heterocycles. The van der Waals surface area contributed by atoms with Crippen molar-refractivity contribution in [3.8, 4) is 0 Å². The fraction of sp³-hybridized carbons (Fsp3) is 0.500. The molecule has 6 nitrogen and oxygen atoms in total. The standard InChI is InChI=1S/C10H13BrN4O2/c11-7-5-13-9(12)8(15-7)10(16)14-6-1-3-17-4-2-6/h5-6H,1-4H2,(H2,12,13)(H,14,16). The molecule has 3 N–H and O–H groups in total. The summed E-state index contributed by atoms with van der Waals surface area (Å²) in [6.45, 7) is 1.34. The van der Waals surface area contributed by atoms with Gasteiger partial charge in [0.25, 0.3) is 5.91 Å². The van der Waals surface area contributed by atoms with Crippen LogP contribution in [0.5, 0.6) is 0 Å². The van der Waals surface area contributed by atoms with Gasteiger partial charge >= 0.3 is 0 Å². The van der Waals surface area contributed by atoms with Crippen LogP contribution in [-0.2, 0) is 4.74 Å². The van der Waals surface area contributed by atoms with Gasteiger partial charge in [0.2, 0.25) is 0 Å². The van der Waals surface area contributed by atoms with Crippen LogP contribution in [0.25, 0.3) is 0 Å². The van der Waals surface area contributed by atoms with Crippen LogP contribution in [0.2, 0.25) is 0 Å². The number of halogens is 1. The highest BCUT2D eigenvalue weighted by molar-refractivity contribution is 9.10. The molecule has 0 aromatic carbocycles. The zero-order valence-electron chi connectivity index (χ0n) is 9.15. The SMILES string of the molecule is Nc1ncc(Br)nc1C(=O)NC1CCOCC1. The van der Waals surface area contributed by atoms with Crippen molar-refractivity contribution in [3.05, 3.63) is 16.5 Å². The maximum atomic E-state index is 11.9. The Morgan fingerprint density at radius 2 is 2.24 bits per heavy atom. The van der Waals surface area contributed by atoms with Crippen LogP contribution in [0.3, 0.4) is 0 Å². The number of nitrogens with zero attached hydrogens (tertiary/aromatic N) is 2. The predicted molar refractivity (Wildman–Crippen MR) is 65.5 cm³/mol. The molecule has 7 heteroatoms. The first-order valence-corrected chi connectivity index (χ1v) is 6.12. The normalized spacial score (nSPS) is 16.8. The number of ether oxygens (including phenoxy) is 1. The van der Waals surface area contributed by atoms with Crippen LogP contribution in [0.4, 0.5) is 5.82 Å². The fourth-order valence-corrected chi connectivity index (χ4v) is 1.92. The molecule has 17 heavy (non-hydrogen) atoms. The van der Waals surface area contributed by atoms with E-state index >= 15 is 0 Å². The maximum Gasteiger partial charge on any atom is 0.273 e. The van der Waals surface area contributed by atoms with Gasteiger partial charge in [0.15, 0.2) is 11.5 Å². The molecule has 0 saturated carbocycles. The molecule has 1 aliphatic heterocycles. The zero-order valence-corrected chi connectivity index (χ0v) is 10.7. The van der Waals surface area contributed by atoms with E-state index in [1.807, 2.05) is 0 Å². The third-order valence-corrected chi connectivity index (χ3v) is 2.93. The molecule has 2 heterocycles. The molecule has 92 valence electrons. The summed E-state index contributed by atoms with van der Waals surface area (Å²) in [5, 5.41) is 2.88. The minimum absolute atomic E-state index is 0.122. The van der Waals surface area contributed by atoms with E-state index in [0.29, 0.717) is 17.8 Å². The second-order valence-electron chi connectivity index (χ2n) is 3.79. The summed E-state index contributed by atoms with van der Waals surface area (Å²) < 4.78 is 5.71. The minimum atomic E-state index is -0.289. The van der Waals surface area contributed by atoms with Crippen molar-refractivity contribution < 1.29 is 9.53 Å². The second-order valence-corrected chi connectivity index (χ2v) is 4.60. The highest BCUT2D eigenvalue weighted by Gasteiger charge is 2.19. The fourth-order valence-electron chi connectivity index (χ4n) is 1.64. The van der Waals surface area contributed by atoms with Gasteiger partial charge in [-0.15, -0.1) is 0 Å². The van der Waals surface area contributed by atoms with Crippen LogP contribution in [0, 0.1) is 0 Å². The lowest BCUT2D eigenvalue weighted by Crippen LogP contribution is -2.39. The molecule has 2 rings (SSSR count). The number of hydrogen-bond acceptors (Lipinski definition) is 5. The average Bonchev–Trinajstić information content (AvgIpc) is 2.33. The number of nitrogen functional groups attached to an aromatic ring is 1. The van der Waals surface area contributed by atoms with Crippen molar-refractivity contribution in [1.82, 2.24) is 15.3 Å². The number of rotatable bonds is 2. The molecule has 0 aliphatic carbocycles. The summed E-state index contributed by atoms with van der Waals surface area (Å²) >= 11 is 3.16. The summed E-state index contributed by atoms with van der Waals surface area (Å²) in [6.07, 6.45) is 3.08. The van der Waals surface area contributed by atoms with E-state index in [-0.39, 0.29) is 23.5 Å². The topological polar surface area (TPSA) is 90.1 Å². The Kier molecular flexibility index (Phi) is 3.90. The number of carbonyl (C=O) groups is 1. The lowest BCUT2D eigenvalue weighted by atomic mass is 10.1. The van der Waals surface area contributed by atoms with Crippen LogP contribution in [-0.4, -0.2) is 35.1 Å². The highest BCUT2D eigenvalue weighted by Crippen LogP contribution is 2.12. The van der Waals surface area contributed by atoms with Gasteiger partial charge in [0.05, 0.1) is 6.20 Å². The summed E-state index contributed by atoms with van der Waals surface area (Å²) in [5.74, 6) is -0.152. The van der Waals surface area contributed by atoms with Crippen molar-refractivity contribution in [3.63, 3.8) is 0 Å². The van der Waals surface area contributed by atoms with E-state index in [4.69, 9.17) is 10.5 Å². The molecule has 1 aliphatic rings. The van der Waals surface area contributed by atoms with Crippen molar-refractivity contribution in [2.24, 2.45) is 0 Å². The Bertz CT molecular complexity index is 421. The van der Waals surface area contributed by atoms with Crippen molar-refractivity contribution in [2.45, 2.75) is 18.9 Å². The van der Waals surface area contributed by atoms with Gasteiger partial charge in [-0.25, -0.2) is 9.97 Å². The van der Waals surface area contributed by atoms with Crippen molar-refractivity contribution >= 4 is 27.7 Å². The largest absolute Gasteiger partial charge is 0.382 e. The lowest BCUT2D eigenvalue weighted by Gasteiger charge is -2.23. The van der Waals surface area contributed by atoms with Gasteiger partial charge < -0.3 is 15.8 Å². The Balaban J connectivity index is 2.05. The molecule has 1 fully saturated rings. The summed E-state index contributed by atoms with van der Waals surface area (Å²) in [6, 6.07) is 0.122. The molecule has 0 spiro atoms. The summed E-state index contributed by atoms with van der Waals surface area (Å²) in [4.78, 5) is 19.8. The minimum Gasteiger partial charge on any atom is -0.382 e. The third-order valence-electron chi connectivity index (χ3n) is 2.54. The van der Waals surface area contributed by atoms with Crippen LogP contribution >= 0.6 is 15.9 Å². The van der Waals surface area contributed by atoms with Gasteiger partial charge in [-0.2, -0.15) is 0 Å². The Morgan fingerprint density at radius 1 is 1.53 bits per heavy atom. The molecular weight excluding hydrogens is 288 g/mol. The van der Waals surface area contributed by atoms with Crippen LogP contribution in [0.15, 0.2) is 10.8 Å². The van der Waals surface area contributed by atoms with Gasteiger partial charge in [0.1, 0.15) is 4.60 Å². The molecule has 1 aromatic rings. The van der Waals surface area contributed by atoms with E-state index in [2.05, 4.69) is 31.2 Å². The monoisotopic (exact) mass is 300 g/mol. The van der Waals surface area contributed by atoms with Gasteiger partial charge in [-0.05, 0) is 28.8 Å². The first kappa shape index (κ1) is 12.3. The van der Waals surface area contributed by atoms with E-state index in [1.165, 1.54) is 6.20 Å². The highest BCUT2D eigenvalue weighted by atomic mass is 79.9. The number of carbonyl (C=O) groups excluding carboxylic acids is 1. The maximum absolute atomic E-state index is 11.9. The first-order valence-electron chi connectivity index (χ1n) is 5.33. The van der Waals surface area contributed by atoms with Crippen LogP contribution < -0.4 is 11.1 Å². The van der Waals surface area contributed by atoms with E-state index in [0.717, 1.165) is 12.8 Å². The third kappa shape index (κ3) is 3.13. The second kappa shape index (κ2) is 5.42. The molecule has 0 bridgehead atoms. The molecule has 0 radical (unpaired) electrons. The number of aromatic nitrogens is 2. The molecule has 1 aromatic heterocycles. The Hall–Kier alpha value is -1.21. The molecule has 1 amide bonds. The number of nitrogens with one attached hydrogen (secondary N) is 1. The van der Waals surface area contributed by atoms with Gasteiger partial charge in [-0.1, -0.05) is 0 Å². The first-order chi connectivity index (χ1) is 8.16. The predicted octanol–water partition coefficient (Wildman–Crippen LogP) is 0.730. The molecule has 0 atom stereocenters. The van der Waals surface area contributed by atoms with Crippen LogP contribution in [0.1, 0.15) is 23.3 Å². The number of amides is 1. The lowest BCUT2D eigenvalue weighted by molar-refractivity contribution is 0.0694. The summed E-state index contributed by atoms with van der Waals surface area (Å²) in [7, 11) is 0. The van der Waals surface area contributed by atoms with E-state index in [9.17, 15) is 4.79 Å². The number of anilines is 1. The van der Waals surface area contributed by atoms with Gasteiger partial charge in [-0.3, -0.25) is 4.79 Å². The number of nitrogens with two attached hydrogens (primary N) is 1. The van der Waals surface area contributed by atoms with Gasteiger partial charge in [0, 0.05) is 19.3 Å². The van der Waals surface area contributed by atoms with E-state index in [1.54, 1.807) is 0 Å². The Morgan fingerprint density at radius 3 is 2.94 bits per heavy atom. The van der Waals surface area contributed by atoms with Crippen molar-refractivity contribution in [2.75, 3.05) is 18.9 Å². The molecular formula is C10H13BrN4O2. The zero-order chi connectivity index (χ0) is 12.3. The quantitative estimate of drug-likeness (QED) is 0.840. The van der Waals surface area contributed by atoms with Crippen molar-refractivity contribution in [1.29, 1.82) is 0 Å². The average molecular weight is 301 g/mol. The summed E-state index contributed by atoms with van der Waals surface area (Å²) in [5.41, 5.74) is 5.77.